The van der Waals surface area contributed by atoms with E-state index < -0.39 is 6.04 Å². The Morgan fingerprint density at radius 3 is 2.00 bits per heavy atom. The molecule has 5 heteroatoms. The molecule has 5 nitrogen and oxygen atoms in total. The predicted molar refractivity (Wildman–Crippen MR) is 83.5 cm³/mol. The maximum absolute atomic E-state index is 12.6. The second-order valence-corrected chi connectivity index (χ2v) is 6.02. The molecule has 3 amide bonds. The van der Waals surface area contributed by atoms with Gasteiger partial charge >= 0.3 is 0 Å². The predicted octanol–water partition coefficient (Wildman–Crippen LogP) is 2.22. The number of benzene rings is 1. The van der Waals surface area contributed by atoms with Gasteiger partial charge in [0.15, 0.2) is 0 Å². The quantitative estimate of drug-likeness (QED) is 0.848. The van der Waals surface area contributed by atoms with Gasteiger partial charge in [0.05, 0.1) is 11.1 Å². The van der Waals surface area contributed by atoms with Crippen molar-refractivity contribution in [2.75, 3.05) is 0 Å². The second kappa shape index (κ2) is 6.30. The highest BCUT2D eigenvalue weighted by Gasteiger charge is 2.44. The first-order valence-electron chi connectivity index (χ1n) is 7.65. The summed E-state index contributed by atoms with van der Waals surface area (Å²) in [5, 5.41) is 2.82. The van der Waals surface area contributed by atoms with E-state index in [0.717, 1.165) is 4.90 Å². The van der Waals surface area contributed by atoms with Gasteiger partial charge in [-0.1, -0.05) is 32.4 Å². The number of nitrogens with zero attached hydrogens (tertiary/aromatic N) is 1. The zero-order valence-corrected chi connectivity index (χ0v) is 13.4. The van der Waals surface area contributed by atoms with Crippen LogP contribution in [0.3, 0.4) is 0 Å². The van der Waals surface area contributed by atoms with E-state index in [1.54, 1.807) is 24.3 Å². The zero-order valence-electron chi connectivity index (χ0n) is 13.4. The van der Waals surface area contributed by atoms with Gasteiger partial charge in [0.25, 0.3) is 11.8 Å². The van der Waals surface area contributed by atoms with Crippen molar-refractivity contribution in [2.45, 2.75) is 46.2 Å². The van der Waals surface area contributed by atoms with Crippen molar-refractivity contribution in [2.24, 2.45) is 5.92 Å². The number of amides is 3. The monoisotopic (exact) mass is 302 g/mol. The Hall–Kier alpha value is -2.17. The zero-order chi connectivity index (χ0) is 16.4. The van der Waals surface area contributed by atoms with Gasteiger partial charge in [-0.2, -0.15) is 0 Å². The number of carbonyl (C=O) groups excluding carboxylic acids is 3. The lowest BCUT2D eigenvalue weighted by Gasteiger charge is -2.30. The molecule has 1 unspecified atom stereocenters. The summed E-state index contributed by atoms with van der Waals surface area (Å²) in [6.07, 6.45) is 0.698. The Morgan fingerprint density at radius 2 is 1.59 bits per heavy atom. The van der Waals surface area contributed by atoms with Gasteiger partial charge in [-0.05, 0) is 31.9 Å². The van der Waals surface area contributed by atoms with Crippen LogP contribution >= 0.6 is 0 Å². The summed E-state index contributed by atoms with van der Waals surface area (Å²) in [4.78, 5) is 38.8. The summed E-state index contributed by atoms with van der Waals surface area (Å²) in [5.74, 6) is -1.16. The molecule has 1 aliphatic heterocycles. The van der Waals surface area contributed by atoms with Crippen molar-refractivity contribution in [1.29, 1.82) is 0 Å². The van der Waals surface area contributed by atoms with Crippen LogP contribution in [0.25, 0.3) is 0 Å². The van der Waals surface area contributed by atoms with Crippen LogP contribution in [0.5, 0.6) is 0 Å². The maximum Gasteiger partial charge on any atom is 0.262 e. The lowest BCUT2D eigenvalue weighted by molar-refractivity contribution is -0.127. The van der Waals surface area contributed by atoms with Gasteiger partial charge in [-0.15, -0.1) is 0 Å². The molecule has 1 heterocycles. The Morgan fingerprint density at radius 1 is 1.09 bits per heavy atom. The molecule has 1 N–H and O–H groups in total. The number of rotatable bonds is 5. The highest BCUT2D eigenvalue weighted by molar-refractivity contribution is 6.22. The molecule has 0 saturated heterocycles. The topological polar surface area (TPSA) is 66.5 Å². The summed E-state index contributed by atoms with van der Waals surface area (Å²) in [7, 11) is 0. The van der Waals surface area contributed by atoms with Crippen LogP contribution in [0.4, 0.5) is 0 Å². The van der Waals surface area contributed by atoms with E-state index in [2.05, 4.69) is 5.32 Å². The number of imide groups is 1. The normalized spacial score (nSPS) is 16.7. The van der Waals surface area contributed by atoms with Gasteiger partial charge < -0.3 is 5.32 Å². The van der Waals surface area contributed by atoms with E-state index in [-0.39, 0.29) is 29.7 Å². The van der Waals surface area contributed by atoms with Gasteiger partial charge in [0.2, 0.25) is 5.91 Å². The van der Waals surface area contributed by atoms with Crippen molar-refractivity contribution in [1.82, 2.24) is 10.2 Å². The first-order chi connectivity index (χ1) is 10.4. The summed E-state index contributed by atoms with van der Waals surface area (Å²) in [6.45, 7) is 7.54. The van der Waals surface area contributed by atoms with Crippen molar-refractivity contribution in [3.05, 3.63) is 35.4 Å². The molecule has 0 radical (unpaired) electrons. The molecule has 0 bridgehead atoms. The van der Waals surface area contributed by atoms with Crippen LogP contribution in [-0.2, 0) is 4.79 Å². The Bertz CT molecular complexity index is 575. The fourth-order valence-electron chi connectivity index (χ4n) is 2.68. The standard InChI is InChI=1S/C17H22N2O3/c1-5-11(4)14(15(20)18-10(2)3)19-16(21)12-8-6-7-9-13(12)17(19)22/h6-11,14H,5H2,1-4H3,(H,18,20)/t11-,14?/m0/s1. The molecule has 0 aliphatic carbocycles. The van der Waals surface area contributed by atoms with Crippen molar-refractivity contribution in [3.63, 3.8) is 0 Å². The molecule has 0 spiro atoms. The fourth-order valence-corrected chi connectivity index (χ4v) is 2.68. The lowest BCUT2D eigenvalue weighted by Crippen LogP contribution is -2.53. The molecule has 1 aromatic rings. The molecular weight excluding hydrogens is 280 g/mol. The number of nitrogens with one attached hydrogen (secondary N) is 1. The molecule has 0 fully saturated rings. The van der Waals surface area contributed by atoms with Gasteiger partial charge in [0.1, 0.15) is 6.04 Å². The van der Waals surface area contributed by atoms with Crippen LogP contribution in [0, 0.1) is 5.92 Å². The molecule has 0 saturated carbocycles. The molecule has 0 aromatic heterocycles. The minimum absolute atomic E-state index is 0.0470. The maximum atomic E-state index is 12.6. The third-order valence-electron chi connectivity index (χ3n) is 3.99. The largest absolute Gasteiger partial charge is 0.352 e. The minimum Gasteiger partial charge on any atom is -0.352 e. The smallest absolute Gasteiger partial charge is 0.262 e. The number of hydrogen-bond donors (Lipinski definition) is 1. The summed E-state index contributed by atoms with van der Waals surface area (Å²) in [6, 6.07) is 5.88. The van der Waals surface area contributed by atoms with Crippen LogP contribution in [0.2, 0.25) is 0 Å². The first kappa shape index (κ1) is 16.2. The summed E-state index contributed by atoms with van der Waals surface area (Å²) < 4.78 is 0. The van der Waals surface area contributed by atoms with Crippen molar-refractivity contribution < 1.29 is 14.4 Å². The van der Waals surface area contributed by atoms with Crippen molar-refractivity contribution >= 4 is 17.7 Å². The first-order valence-corrected chi connectivity index (χ1v) is 7.65. The average Bonchev–Trinajstić information content (AvgIpc) is 2.72. The lowest BCUT2D eigenvalue weighted by atomic mass is 9.96. The molecular formula is C17H22N2O3. The average molecular weight is 302 g/mol. The number of fused-ring (bicyclic) bond motifs is 1. The Labute approximate surface area is 130 Å². The second-order valence-electron chi connectivity index (χ2n) is 6.02. The van der Waals surface area contributed by atoms with Crippen LogP contribution < -0.4 is 5.32 Å². The Balaban J connectivity index is 2.39. The SMILES string of the molecule is CC[C@H](C)C(C(=O)NC(C)C)N1C(=O)c2ccccc2C1=O. The van der Waals surface area contributed by atoms with Gasteiger partial charge in [-0.3, -0.25) is 19.3 Å². The van der Waals surface area contributed by atoms with Crippen LogP contribution in [-0.4, -0.2) is 34.7 Å². The van der Waals surface area contributed by atoms with E-state index in [1.165, 1.54) is 0 Å². The van der Waals surface area contributed by atoms with Gasteiger partial charge in [0, 0.05) is 6.04 Å². The molecule has 118 valence electrons. The highest BCUT2D eigenvalue weighted by atomic mass is 16.2. The summed E-state index contributed by atoms with van der Waals surface area (Å²) >= 11 is 0. The van der Waals surface area contributed by atoms with Crippen LogP contribution in [0.15, 0.2) is 24.3 Å². The molecule has 2 rings (SSSR count). The van der Waals surface area contributed by atoms with E-state index in [4.69, 9.17) is 0 Å². The summed E-state index contributed by atoms with van der Waals surface area (Å²) in [5.41, 5.74) is 0.747. The highest BCUT2D eigenvalue weighted by Crippen LogP contribution is 2.28. The molecule has 22 heavy (non-hydrogen) atoms. The number of carbonyl (C=O) groups is 3. The molecule has 2 atom stereocenters. The van der Waals surface area contributed by atoms with E-state index in [1.807, 2.05) is 27.7 Å². The van der Waals surface area contributed by atoms with E-state index in [9.17, 15) is 14.4 Å². The van der Waals surface area contributed by atoms with Crippen molar-refractivity contribution in [3.8, 4) is 0 Å². The molecule has 1 aliphatic rings. The fraction of sp³-hybridized carbons (Fsp3) is 0.471. The Kier molecular flexibility index (Phi) is 4.64. The van der Waals surface area contributed by atoms with E-state index >= 15 is 0 Å². The minimum atomic E-state index is -0.778. The van der Waals surface area contributed by atoms with Gasteiger partial charge in [-0.25, -0.2) is 0 Å². The van der Waals surface area contributed by atoms with Crippen LogP contribution in [0.1, 0.15) is 54.8 Å². The third-order valence-corrected chi connectivity index (χ3v) is 3.99. The van der Waals surface area contributed by atoms with E-state index in [0.29, 0.717) is 17.5 Å². The molecule has 1 aromatic carbocycles. The third kappa shape index (κ3) is 2.75. The number of hydrogen-bond acceptors (Lipinski definition) is 3.